The van der Waals surface area contributed by atoms with E-state index >= 15 is 0 Å². The molecule has 0 aromatic carbocycles. The Morgan fingerprint density at radius 1 is 1.40 bits per heavy atom. The van der Waals surface area contributed by atoms with Crippen molar-refractivity contribution >= 4 is 11.8 Å². The largest absolute Gasteiger partial charge is 0.312 e. The molecule has 0 bridgehead atoms. The second kappa shape index (κ2) is 5.79. The summed E-state index contributed by atoms with van der Waals surface area (Å²) in [6.45, 7) is 3.75. The Labute approximate surface area is 97.2 Å². The molecular formula is C12H20N2S. The molecule has 2 aliphatic rings. The van der Waals surface area contributed by atoms with Crippen molar-refractivity contribution < 1.29 is 0 Å². The SMILES string of the molecule is C#CCSCCNC1CCN2CCCC12. The van der Waals surface area contributed by atoms with Crippen LogP contribution in [0.3, 0.4) is 0 Å². The fourth-order valence-electron chi connectivity index (χ4n) is 2.77. The van der Waals surface area contributed by atoms with E-state index in [9.17, 15) is 0 Å². The summed E-state index contributed by atoms with van der Waals surface area (Å²) < 4.78 is 0. The van der Waals surface area contributed by atoms with E-state index < -0.39 is 0 Å². The molecule has 3 heteroatoms. The molecule has 0 amide bonds. The molecule has 2 unspecified atom stereocenters. The van der Waals surface area contributed by atoms with Gasteiger partial charge in [0.2, 0.25) is 0 Å². The summed E-state index contributed by atoms with van der Waals surface area (Å²) in [7, 11) is 0. The molecule has 0 aromatic rings. The Morgan fingerprint density at radius 2 is 2.33 bits per heavy atom. The number of thioether (sulfide) groups is 1. The summed E-state index contributed by atoms with van der Waals surface area (Å²) in [5.74, 6) is 4.66. The first-order valence-corrected chi connectivity index (χ1v) is 7.06. The van der Waals surface area contributed by atoms with Crippen LogP contribution in [-0.4, -0.2) is 48.1 Å². The van der Waals surface area contributed by atoms with Crippen molar-refractivity contribution in [2.45, 2.75) is 31.3 Å². The predicted octanol–water partition coefficient (Wildman–Crippen LogP) is 1.18. The highest BCUT2D eigenvalue weighted by atomic mass is 32.2. The van der Waals surface area contributed by atoms with E-state index in [1.165, 1.54) is 32.4 Å². The van der Waals surface area contributed by atoms with Crippen molar-refractivity contribution in [1.82, 2.24) is 10.2 Å². The van der Waals surface area contributed by atoms with Gasteiger partial charge >= 0.3 is 0 Å². The van der Waals surface area contributed by atoms with Crippen LogP contribution >= 0.6 is 11.8 Å². The second-order valence-corrected chi connectivity index (χ2v) is 5.46. The van der Waals surface area contributed by atoms with E-state index in [0.29, 0.717) is 0 Å². The lowest BCUT2D eigenvalue weighted by atomic mass is 10.1. The van der Waals surface area contributed by atoms with Crippen LogP contribution in [0.15, 0.2) is 0 Å². The molecular weight excluding hydrogens is 204 g/mol. The van der Waals surface area contributed by atoms with Crippen molar-refractivity contribution in [3.63, 3.8) is 0 Å². The van der Waals surface area contributed by atoms with Crippen molar-refractivity contribution in [1.29, 1.82) is 0 Å². The summed E-state index contributed by atoms with van der Waals surface area (Å²) >= 11 is 1.85. The van der Waals surface area contributed by atoms with E-state index in [1.807, 2.05) is 11.8 Å². The second-order valence-electron chi connectivity index (χ2n) is 4.35. The summed E-state index contributed by atoms with van der Waals surface area (Å²) in [4.78, 5) is 2.65. The molecule has 2 nitrogen and oxygen atoms in total. The van der Waals surface area contributed by atoms with E-state index in [-0.39, 0.29) is 0 Å². The zero-order chi connectivity index (χ0) is 10.5. The minimum atomic E-state index is 0.749. The fourth-order valence-corrected chi connectivity index (χ4v) is 3.29. The molecule has 1 N–H and O–H groups in total. The van der Waals surface area contributed by atoms with Gasteiger partial charge in [-0.1, -0.05) is 5.92 Å². The van der Waals surface area contributed by atoms with Gasteiger partial charge in [-0.05, 0) is 25.8 Å². The quantitative estimate of drug-likeness (QED) is 0.558. The lowest BCUT2D eigenvalue weighted by Crippen LogP contribution is -2.40. The Hall–Kier alpha value is -0.170. The molecule has 0 saturated carbocycles. The van der Waals surface area contributed by atoms with Crippen LogP contribution in [0.1, 0.15) is 19.3 Å². The van der Waals surface area contributed by atoms with Gasteiger partial charge in [0.25, 0.3) is 0 Å². The first-order valence-electron chi connectivity index (χ1n) is 5.90. The van der Waals surface area contributed by atoms with Crippen molar-refractivity contribution in [2.24, 2.45) is 0 Å². The van der Waals surface area contributed by atoms with E-state index in [0.717, 1.165) is 30.1 Å². The maximum atomic E-state index is 5.21. The maximum Gasteiger partial charge on any atom is 0.0545 e. The van der Waals surface area contributed by atoms with E-state index in [2.05, 4.69) is 16.1 Å². The van der Waals surface area contributed by atoms with Crippen LogP contribution in [0.2, 0.25) is 0 Å². The predicted molar refractivity (Wildman–Crippen MR) is 67.2 cm³/mol. The molecule has 2 aliphatic heterocycles. The molecule has 2 heterocycles. The number of terminal acetylenes is 1. The number of nitrogens with zero attached hydrogens (tertiary/aromatic N) is 1. The van der Waals surface area contributed by atoms with Crippen LogP contribution in [0.25, 0.3) is 0 Å². The van der Waals surface area contributed by atoms with Gasteiger partial charge in [-0.2, -0.15) is 0 Å². The topological polar surface area (TPSA) is 15.3 Å². The van der Waals surface area contributed by atoms with Crippen LogP contribution in [0.4, 0.5) is 0 Å². The third-order valence-corrected chi connectivity index (χ3v) is 4.31. The molecule has 0 aromatic heterocycles. The monoisotopic (exact) mass is 224 g/mol. The Kier molecular flexibility index (Phi) is 4.37. The average molecular weight is 224 g/mol. The number of rotatable bonds is 5. The third-order valence-electron chi connectivity index (χ3n) is 3.44. The highest BCUT2D eigenvalue weighted by Gasteiger charge is 2.36. The van der Waals surface area contributed by atoms with Gasteiger partial charge in [-0.15, -0.1) is 18.2 Å². The van der Waals surface area contributed by atoms with Crippen molar-refractivity contribution in [2.75, 3.05) is 31.1 Å². The molecule has 2 rings (SSSR count). The number of nitrogens with one attached hydrogen (secondary N) is 1. The van der Waals surface area contributed by atoms with E-state index in [4.69, 9.17) is 6.42 Å². The smallest absolute Gasteiger partial charge is 0.0545 e. The molecule has 0 spiro atoms. The molecule has 0 radical (unpaired) electrons. The molecule has 2 saturated heterocycles. The van der Waals surface area contributed by atoms with Gasteiger partial charge in [0.15, 0.2) is 0 Å². The standard InChI is InChI=1S/C12H20N2S/c1-2-9-15-10-6-13-11-5-8-14-7-3-4-12(11)14/h1,11-13H,3-10H2. The van der Waals surface area contributed by atoms with Gasteiger partial charge < -0.3 is 5.32 Å². The Morgan fingerprint density at radius 3 is 3.20 bits per heavy atom. The van der Waals surface area contributed by atoms with Crippen molar-refractivity contribution in [3.8, 4) is 12.3 Å². The molecule has 84 valence electrons. The van der Waals surface area contributed by atoms with Gasteiger partial charge in [0, 0.05) is 30.9 Å². The first-order chi connectivity index (χ1) is 7.42. The van der Waals surface area contributed by atoms with Crippen LogP contribution in [0, 0.1) is 12.3 Å². The van der Waals surface area contributed by atoms with Gasteiger partial charge in [-0.25, -0.2) is 0 Å². The summed E-state index contributed by atoms with van der Waals surface area (Å²) in [6, 6.07) is 1.58. The normalized spacial score (nSPS) is 30.3. The summed E-state index contributed by atoms with van der Waals surface area (Å²) in [5, 5.41) is 3.68. The molecule has 2 atom stereocenters. The lowest BCUT2D eigenvalue weighted by molar-refractivity contribution is 0.301. The van der Waals surface area contributed by atoms with Gasteiger partial charge in [0.05, 0.1) is 5.75 Å². The fraction of sp³-hybridized carbons (Fsp3) is 0.833. The zero-order valence-corrected chi connectivity index (χ0v) is 10.1. The highest BCUT2D eigenvalue weighted by molar-refractivity contribution is 7.99. The number of fused-ring (bicyclic) bond motifs is 1. The lowest BCUT2D eigenvalue weighted by Gasteiger charge is -2.21. The average Bonchev–Trinajstić information content (AvgIpc) is 2.81. The van der Waals surface area contributed by atoms with Crippen molar-refractivity contribution in [3.05, 3.63) is 0 Å². The first kappa shape index (κ1) is 11.3. The molecule has 15 heavy (non-hydrogen) atoms. The minimum absolute atomic E-state index is 0.749. The van der Waals surface area contributed by atoms with Gasteiger partial charge in [-0.3, -0.25) is 4.90 Å². The van der Waals surface area contributed by atoms with Crippen LogP contribution in [0.5, 0.6) is 0 Å². The molecule has 0 aliphatic carbocycles. The molecule has 2 fully saturated rings. The minimum Gasteiger partial charge on any atom is -0.312 e. The Balaban J connectivity index is 1.61. The highest BCUT2D eigenvalue weighted by Crippen LogP contribution is 2.27. The Bertz CT molecular complexity index is 236. The third kappa shape index (κ3) is 2.90. The van der Waals surface area contributed by atoms with Gasteiger partial charge in [0.1, 0.15) is 0 Å². The summed E-state index contributed by atoms with van der Waals surface area (Å²) in [5.41, 5.74) is 0. The summed E-state index contributed by atoms with van der Waals surface area (Å²) in [6.07, 6.45) is 9.34. The maximum absolute atomic E-state index is 5.21. The number of hydrogen-bond acceptors (Lipinski definition) is 3. The van der Waals surface area contributed by atoms with Crippen LogP contribution < -0.4 is 5.32 Å². The number of hydrogen-bond donors (Lipinski definition) is 1. The van der Waals surface area contributed by atoms with Crippen LogP contribution in [-0.2, 0) is 0 Å². The zero-order valence-electron chi connectivity index (χ0n) is 9.24. The van der Waals surface area contributed by atoms with E-state index in [1.54, 1.807) is 0 Å².